The highest BCUT2D eigenvalue weighted by Crippen LogP contribution is 2.26. The molecule has 1 saturated heterocycles. The first-order valence-electron chi connectivity index (χ1n) is 8.81. The van der Waals surface area contributed by atoms with Crippen molar-refractivity contribution >= 4 is 39.1 Å². The molecule has 0 bridgehead atoms. The number of oxime groups is 1. The third-order valence-electron chi connectivity index (χ3n) is 4.22. The van der Waals surface area contributed by atoms with E-state index < -0.39 is 11.5 Å². The van der Waals surface area contributed by atoms with Crippen LogP contribution >= 0.6 is 11.3 Å². The number of likely N-dealkylation sites (tertiary alicyclic amines) is 1. The first-order chi connectivity index (χ1) is 12.4. The first-order valence-corrected chi connectivity index (χ1v) is 9.62. The van der Waals surface area contributed by atoms with E-state index in [2.05, 4.69) is 10.1 Å². The summed E-state index contributed by atoms with van der Waals surface area (Å²) in [6.45, 7) is 6.76. The molecular weight excluding hydrogens is 350 g/mol. The van der Waals surface area contributed by atoms with E-state index in [9.17, 15) is 9.59 Å². The molecule has 0 N–H and O–H groups in total. The Morgan fingerprint density at radius 1 is 1.15 bits per heavy atom. The quantitative estimate of drug-likeness (QED) is 0.458. The van der Waals surface area contributed by atoms with Crippen molar-refractivity contribution in [2.24, 2.45) is 10.6 Å². The molecule has 7 heteroatoms. The summed E-state index contributed by atoms with van der Waals surface area (Å²) in [6, 6.07) is 7.64. The van der Waals surface area contributed by atoms with Gasteiger partial charge in [0.2, 0.25) is 0 Å². The van der Waals surface area contributed by atoms with Crippen molar-refractivity contribution in [3.63, 3.8) is 0 Å². The number of Topliss-reactive ketones (excluding diaryl/α,β-unsaturated/α-hetero) is 1. The molecule has 2 heterocycles. The Balaban J connectivity index is 1.90. The second-order valence-electron chi connectivity index (χ2n) is 7.41. The molecule has 1 aliphatic heterocycles. The maximum Gasteiger partial charge on any atom is 0.435 e. The second kappa shape index (κ2) is 7.53. The number of carbonyl (C=O) groups excluding carboxylic acids is 2. The minimum atomic E-state index is -0.659. The fourth-order valence-corrected chi connectivity index (χ4v) is 3.67. The van der Waals surface area contributed by atoms with Crippen molar-refractivity contribution < 1.29 is 14.4 Å². The van der Waals surface area contributed by atoms with Crippen molar-refractivity contribution in [3.05, 3.63) is 29.3 Å². The zero-order chi connectivity index (χ0) is 18.7. The molecule has 138 valence electrons. The fraction of sp³-hybridized carbons (Fsp3) is 0.474. The van der Waals surface area contributed by atoms with Crippen LogP contribution in [0.15, 0.2) is 29.4 Å². The smallest absolute Gasteiger partial charge is 0.306 e. The van der Waals surface area contributed by atoms with E-state index in [1.165, 1.54) is 11.3 Å². The van der Waals surface area contributed by atoms with E-state index in [1.807, 2.05) is 45.0 Å². The summed E-state index contributed by atoms with van der Waals surface area (Å²) < 4.78 is 0.958. The van der Waals surface area contributed by atoms with Crippen LogP contribution in [-0.2, 0) is 9.63 Å². The van der Waals surface area contributed by atoms with Gasteiger partial charge in [0.25, 0.3) is 0 Å². The van der Waals surface area contributed by atoms with E-state index in [4.69, 9.17) is 4.84 Å². The van der Waals surface area contributed by atoms with Gasteiger partial charge in [0.05, 0.1) is 10.2 Å². The van der Waals surface area contributed by atoms with Crippen LogP contribution in [0.3, 0.4) is 0 Å². The largest absolute Gasteiger partial charge is 0.435 e. The van der Waals surface area contributed by atoms with Gasteiger partial charge in [0.15, 0.2) is 11.5 Å². The molecular formula is C19H23N3O3S. The number of nitrogens with zero attached hydrogens (tertiary/aromatic N) is 3. The van der Waals surface area contributed by atoms with Gasteiger partial charge < -0.3 is 4.90 Å². The monoisotopic (exact) mass is 373 g/mol. The maximum absolute atomic E-state index is 12.9. The van der Waals surface area contributed by atoms with Crippen molar-refractivity contribution in [1.82, 2.24) is 9.88 Å². The van der Waals surface area contributed by atoms with Gasteiger partial charge >= 0.3 is 6.09 Å². The number of piperidine rings is 1. The number of carbonyl (C=O) groups is 2. The van der Waals surface area contributed by atoms with Gasteiger partial charge in [-0.3, -0.25) is 9.63 Å². The number of hydrogen-bond donors (Lipinski definition) is 0. The van der Waals surface area contributed by atoms with E-state index in [1.54, 1.807) is 4.90 Å². The number of thiazole rings is 1. The standard InChI is InChI=1S/C19H23N3O3S/c1-19(2,3)16(23)15(17-20-13-9-5-6-10-14(13)26-17)21-25-18(24)22-11-7-4-8-12-22/h5-6,9-10H,4,7-8,11-12H2,1-3H3. The molecule has 6 nitrogen and oxygen atoms in total. The molecule has 26 heavy (non-hydrogen) atoms. The third kappa shape index (κ3) is 4.09. The summed E-state index contributed by atoms with van der Waals surface area (Å²) in [5.74, 6) is -0.206. The Morgan fingerprint density at radius 2 is 1.85 bits per heavy atom. The molecule has 1 aromatic carbocycles. The van der Waals surface area contributed by atoms with Crippen LogP contribution in [-0.4, -0.2) is 40.6 Å². The number of amides is 1. The van der Waals surface area contributed by atoms with Crippen molar-refractivity contribution in [3.8, 4) is 0 Å². The Morgan fingerprint density at radius 3 is 2.50 bits per heavy atom. The van der Waals surface area contributed by atoms with Gasteiger partial charge in [-0.15, -0.1) is 11.3 Å². The minimum Gasteiger partial charge on any atom is -0.306 e. The predicted molar refractivity (Wildman–Crippen MR) is 103 cm³/mol. The lowest BCUT2D eigenvalue weighted by Crippen LogP contribution is -2.36. The molecule has 1 aliphatic rings. The van der Waals surface area contributed by atoms with Crippen LogP contribution in [0.2, 0.25) is 0 Å². The topological polar surface area (TPSA) is 71.9 Å². The van der Waals surface area contributed by atoms with Gasteiger partial charge in [-0.25, -0.2) is 9.78 Å². The Hall–Kier alpha value is -2.28. The highest BCUT2D eigenvalue weighted by molar-refractivity contribution is 7.21. The number of fused-ring (bicyclic) bond motifs is 1. The highest BCUT2D eigenvalue weighted by atomic mass is 32.1. The Kier molecular flexibility index (Phi) is 5.36. The predicted octanol–water partition coefficient (Wildman–Crippen LogP) is 4.24. The van der Waals surface area contributed by atoms with Gasteiger partial charge in [-0.1, -0.05) is 38.1 Å². The first kappa shape index (κ1) is 18.5. The lowest BCUT2D eigenvalue weighted by molar-refractivity contribution is -0.119. The summed E-state index contributed by atoms with van der Waals surface area (Å²) in [4.78, 5) is 36.4. The van der Waals surface area contributed by atoms with Gasteiger partial charge in [0, 0.05) is 18.5 Å². The average molecular weight is 373 g/mol. The third-order valence-corrected chi connectivity index (χ3v) is 5.27. The zero-order valence-corrected chi connectivity index (χ0v) is 16.1. The van der Waals surface area contributed by atoms with Gasteiger partial charge in [-0.2, -0.15) is 0 Å². The second-order valence-corrected chi connectivity index (χ2v) is 8.44. The summed E-state index contributed by atoms with van der Waals surface area (Å²) in [5.41, 5.74) is 0.238. The molecule has 0 spiro atoms. The van der Waals surface area contributed by atoms with Crippen LogP contribution in [0, 0.1) is 5.41 Å². The van der Waals surface area contributed by atoms with Crippen LogP contribution in [0.4, 0.5) is 4.79 Å². The van der Waals surface area contributed by atoms with Crippen LogP contribution < -0.4 is 0 Å². The summed E-state index contributed by atoms with van der Waals surface area (Å²) >= 11 is 1.37. The minimum absolute atomic E-state index is 0.101. The number of rotatable bonds is 3. The number of aromatic nitrogens is 1. The summed E-state index contributed by atoms with van der Waals surface area (Å²) in [7, 11) is 0. The van der Waals surface area contributed by atoms with Crippen molar-refractivity contribution in [2.75, 3.05) is 13.1 Å². The van der Waals surface area contributed by atoms with Gasteiger partial charge in [-0.05, 0) is 31.4 Å². The highest BCUT2D eigenvalue weighted by Gasteiger charge is 2.31. The van der Waals surface area contributed by atoms with Crippen LogP contribution in [0.1, 0.15) is 45.0 Å². The number of para-hydroxylation sites is 1. The molecule has 1 aromatic heterocycles. The van der Waals surface area contributed by atoms with Crippen molar-refractivity contribution in [2.45, 2.75) is 40.0 Å². The molecule has 0 atom stereocenters. The number of ketones is 1. The Bertz CT molecular complexity index is 812. The van der Waals surface area contributed by atoms with E-state index in [0.717, 1.165) is 29.5 Å². The normalized spacial score (nSPS) is 16.0. The summed E-state index contributed by atoms with van der Waals surface area (Å²) in [6.07, 6.45) is 2.53. The molecule has 0 unspecified atom stereocenters. The van der Waals surface area contributed by atoms with E-state index in [-0.39, 0.29) is 11.5 Å². The van der Waals surface area contributed by atoms with E-state index in [0.29, 0.717) is 18.1 Å². The summed E-state index contributed by atoms with van der Waals surface area (Å²) in [5, 5.41) is 4.42. The lowest BCUT2D eigenvalue weighted by atomic mass is 9.88. The molecule has 0 saturated carbocycles. The molecule has 1 fully saturated rings. The zero-order valence-electron chi connectivity index (χ0n) is 15.3. The molecule has 0 radical (unpaired) electrons. The number of hydrogen-bond acceptors (Lipinski definition) is 6. The molecule has 3 rings (SSSR count). The average Bonchev–Trinajstić information content (AvgIpc) is 3.05. The molecule has 2 aromatic rings. The van der Waals surface area contributed by atoms with Crippen LogP contribution in [0.5, 0.6) is 0 Å². The van der Waals surface area contributed by atoms with Crippen LogP contribution in [0.25, 0.3) is 10.2 Å². The van der Waals surface area contributed by atoms with E-state index >= 15 is 0 Å². The molecule has 1 amide bonds. The lowest BCUT2D eigenvalue weighted by Gasteiger charge is -2.24. The number of benzene rings is 1. The van der Waals surface area contributed by atoms with Crippen molar-refractivity contribution in [1.29, 1.82) is 0 Å². The van der Waals surface area contributed by atoms with Gasteiger partial charge in [0.1, 0.15) is 5.01 Å². The SMILES string of the molecule is CC(C)(C)C(=O)C(=NOC(=O)N1CCCCC1)c1nc2ccccc2s1. The Labute approximate surface area is 156 Å². The molecule has 0 aliphatic carbocycles. The maximum atomic E-state index is 12.9. The fourth-order valence-electron chi connectivity index (χ4n) is 2.73.